The normalized spacial score (nSPS) is 12.9. The quantitative estimate of drug-likeness (QED) is 0.784. The van der Waals surface area contributed by atoms with Crippen LogP contribution in [0.15, 0.2) is 18.2 Å². The minimum atomic E-state index is -0.512. The van der Waals surface area contributed by atoms with Gasteiger partial charge in [-0.25, -0.2) is 4.39 Å². The van der Waals surface area contributed by atoms with Gasteiger partial charge in [-0.1, -0.05) is 19.4 Å². The van der Waals surface area contributed by atoms with Crippen LogP contribution in [-0.4, -0.2) is 5.11 Å². The van der Waals surface area contributed by atoms with Crippen LogP contribution in [0.25, 0.3) is 0 Å². The maximum absolute atomic E-state index is 13.0. The second kappa shape index (κ2) is 5.11. The molecular weight excluding hydrogens is 179 g/mol. The third kappa shape index (κ3) is 2.81. The lowest BCUT2D eigenvalue weighted by Gasteiger charge is -2.11. The van der Waals surface area contributed by atoms with Crippen LogP contribution in [-0.2, 0) is 6.42 Å². The first-order chi connectivity index (χ1) is 6.65. The summed E-state index contributed by atoms with van der Waals surface area (Å²) in [5.41, 5.74) is 1.78. The topological polar surface area (TPSA) is 20.2 Å². The molecule has 0 aliphatic carbocycles. The van der Waals surface area contributed by atoms with Gasteiger partial charge in [-0.05, 0) is 43.0 Å². The maximum Gasteiger partial charge on any atom is 0.123 e. The molecule has 0 spiro atoms. The van der Waals surface area contributed by atoms with Crippen molar-refractivity contribution in [3.05, 3.63) is 35.1 Å². The van der Waals surface area contributed by atoms with E-state index in [1.165, 1.54) is 12.1 Å². The molecule has 1 unspecified atom stereocenters. The van der Waals surface area contributed by atoms with E-state index in [2.05, 4.69) is 6.92 Å². The first-order valence-electron chi connectivity index (χ1n) is 5.11. The monoisotopic (exact) mass is 196 g/mol. The molecule has 2 heteroatoms. The Labute approximate surface area is 84.6 Å². The fourth-order valence-corrected chi connectivity index (χ4v) is 1.57. The first kappa shape index (κ1) is 11.2. The number of aliphatic hydroxyl groups is 1. The van der Waals surface area contributed by atoms with E-state index in [1.54, 1.807) is 13.0 Å². The van der Waals surface area contributed by atoms with Crippen molar-refractivity contribution in [1.29, 1.82) is 0 Å². The summed E-state index contributed by atoms with van der Waals surface area (Å²) in [6, 6.07) is 4.60. The molecule has 0 aliphatic rings. The number of hydrogen-bond acceptors (Lipinski definition) is 1. The van der Waals surface area contributed by atoms with Gasteiger partial charge in [0.05, 0.1) is 6.10 Å². The Morgan fingerprint density at radius 1 is 1.43 bits per heavy atom. The number of aryl methyl sites for hydroxylation is 1. The van der Waals surface area contributed by atoms with Crippen LogP contribution in [0.5, 0.6) is 0 Å². The van der Waals surface area contributed by atoms with E-state index in [0.717, 1.165) is 30.4 Å². The fraction of sp³-hybridized carbons (Fsp3) is 0.500. The van der Waals surface area contributed by atoms with E-state index in [-0.39, 0.29) is 5.82 Å². The van der Waals surface area contributed by atoms with Crippen LogP contribution >= 0.6 is 0 Å². The minimum absolute atomic E-state index is 0.222. The van der Waals surface area contributed by atoms with Gasteiger partial charge in [0.2, 0.25) is 0 Å². The largest absolute Gasteiger partial charge is 0.389 e. The summed E-state index contributed by atoms with van der Waals surface area (Å²) < 4.78 is 13.0. The third-order valence-electron chi connectivity index (χ3n) is 2.35. The van der Waals surface area contributed by atoms with E-state index < -0.39 is 6.10 Å². The molecule has 1 rings (SSSR count). The average Bonchev–Trinajstić information content (AvgIpc) is 2.14. The number of aliphatic hydroxyl groups excluding tert-OH is 1. The molecular formula is C12H17FO. The van der Waals surface area contributed by atoms with Gasteiger partial charge in [0, 0.05) is 0 Å². The highest BCUT2D eigenvalue weighted by molar-refractivity contribution is 5.29. The van der Waals surface area contributed by atoms with Gasteiger partial charge in [-0.15, -0.1) is 0 Å². The summed E-state index contributed by atoms with van der Waals surface area (Å²) in [6.45, 7) is 3.81. The fourth-order valence-electron chi connectivity index (χ4n) is 1.57. The summed E-state index contributed by atoms with van der Waals surface area (Å²) in [6.07, 6.45) is 2.44. The van der Waals surface area contributed by atoms with Gasteiger partial charge in [-0.3, -0.25) is 0 Å². The molecule has 1 N–H and O–H groups in total. The molecule has 0 amide bonds. The number of hydrogen-bond donors (Lipinski definition) is 1. The summed E-state index contributed by atoms with van der Waals surface area (Å²) in [5, 5.41) is 9.47. The Bertz CT molecular complexity index is 294. The van der Waals surface area contributed by atoms with Gasteiger partial charge in [-0.2, -0.15) is 0 Å². The molecule has 1 aromatic rings. The highest BCUT2D eigenvalue weighted by Crippen LogP contribution is 2.20. The smallest absolute Gasteiger partial charge is 0.123 e. The van der Waals surface area contributed by atoms with E-state index in [9.17, 15) is 9.50 Å². The van der Waals surface area contributed by atoms with Crippen LogP contribution in [0.3, 0.4) is 0 Å². The second-order valence-electron chi connectivity index (χ2n) is 3.62. The van der Waals surface area contributed by atoms with Crippen LogP contribution in [0.1, 0.15) is 43.9 Å². The molecule has 78 valence electrons. The summed E-state index contributed by atoms with van der Waals surface area (Å²) >= 11 is 0. The molecule has 0 aliphatic heterocycles. The Balaban J connectivity index is 2.91. The van der Waals surface area contributed by atoms with Crippen molar-refractivity contribution < 1.29 is 9.50 Å². The Morgan fingerprint density at radius 2 is 2.14 bits per heavy atom. The van der Waals surface area contributed by atoms with Crippen molar-refractivity contribution in [2.45, 2.75) is 39.2 Å². The van der Waals surface area contributed by atoms with E-state index in [1.807, 2.05) is 0 Å². The number of halogens is 1. The zero-order valence-electron chi connectivity index (χ0n) is 8.76. The lowest BCUT2D eigenvalue weighted by molar-refractivity contribution is 0.198. The van der Waals surface area contributed by atoms with Gasteiger partial charge in [0.15, 0.2) is 0 Å². The van der Waals surface area contributed by atoms with Crippen LogP contribution in [0.4, 0.5) is 4.39 Å². The molecule has 14 heavy (non-hydrogen) atoms. The molecule has 0 saturated heterocycles. The van der Waals surface area contributed by atoms with Crippen LogP contribution < -0.4 is 0 Å². The Morgan fingerprint density at radius 3 is 2.71 bits per heavy atom. The molecule has 1 aromatic carbocycles. The molecule has 0 heterocycles. The van der Waals surface area contributed by atoms with Gasteiger partial charge < -0.3 is 5.11 Å². The van der Waals surface area contributed by atoms with Gasteiger partial charge in [0.25, 0.3) is 0 Å². The summed E-state index contributed by atoms with van der Waals surface area (Å²) in [4.78, 5) is 0. The van der Waals surface area contributed by atoms with Crippen molar-refractivity contribution in [2.75, 3.05) is 0 Å². The average molecular weight is 196 g/mol. The van der Waals surface area contributed by atoms with Crippen LogP contribution in [0, 0.1) is 5.82 Å². The number of unbranched alkanes of at least 4 members (excludes halogenated alkanes) is 1. The summed E-state index contributed by atoms with van der Waals surface area (Å²) in [5.74, 6) is -0.222. The molecule has 0 bridgehead atoms. The Kier molecular flexibility index (Phi) is 4.08. The predicted molar refractivity (Wildman–Crippen MR) is 55.6 cm³/mol. The molecule has 0 radical (unpaired) electrons. The molecule has 1 atom stereocenters. The van der Waals surface area contributed by atoms with Gasteiger partial charge in [0.1, 0.15) is 5.82 Å². The molecule has 0 saturated carbocycles. The highest BCUT2D eigenvalue weighted by Gasteiger charge is 2.08. The molecule has 0 aromatic heterocycles. The van der Waals surface area contributed by atoms with E-state index in [0.29, 0.717) is 0 Å². The Hall–Kier alpha value is -0.890. The maximum atomic E-state index is 13.0. The van der Waals surface area contributed by atoms with Crippen LogP contribution in [0.2, 0.25) is 0 Å². The number of benzene rings is 1. The second-order valence-corrected chi connectivity index (χ2v) is 3.62. The first-order valence-corrected chi connectivity index (χ1v) is 5.11. The standard InChI is InChI=1S/C12H17FO/c1-3-4-5-10-8-11(13)6-7-12(10)9(2)14/h6-9,14H,3-5H2,1-2H3. The SMILES string of the molecule is CCCCc1cc(F)ccc1C(C)O. The highest BCUT2D eigenvalue weighted by atomic mass is 19.1. The predicted octanol–water partition coefficient (Wildman–Crippen LogP) is 3.22. The zero-order chi connectivity index (χ0) is 10.6. The van der Waals surface area contributed by atoms with Crippen molar-refractivity contribution >= 4 is 0 Å². The third-order valence-corrected chi connectivity index (χ3v) is 2.35. The van der Waals surface area contributed by atoms with Crippen molar-refractivity contribution in [3.63, 3.8) is 0 Å². The summed E-state index contributed by atoms with van der Waals surface area (Å²) in [7, 11) is 0. The lowest BCUT2D eigenvalue weighted by atomic mass is 9.99. The van der Waals surface area contributed by atoms with E-state index >= 15 is 0 Å². The minimum Gasteiger partial charge on any atom is -0.389 e. The number of rotatable bonds is 4. The molecule has 1 nitrogen and oxygen atoms in total. The van der Waals surface area contributed by atoms with E-state index in [4.69, 9.17) is 0 Å². The van der Waals surface area contributed by atoms with Crippen molar-refractivity contribution in [2.24, 2.45) is 0 Å². The van der Waals surface area contributed by atoms with Gasteiger partial charge >= 0.3 is 0 Å². The van der Waals surface area contributed by atoms with Crippen molar-refractivity contribution in [1.82, 2.24) is 0 Å². The molecule has 0 fully saturated rings. The zero-order valence-corrected chi connectivity index (χ0v) is 8.76. The lowest BCUT2D eigenvalue weighted by Crippen LogP contribution is -1.99. The van der Waals surface area contributed by atoms with Crippen molar-refractivity contribution in [3.8, 4) is 0 Å².